The molecule has 3 nitrogen and oxygen atoms in total. The fraction of sp³-hybridized carbons (Fsp3) is 1.00. The first kappa shape index (κ1) is 16.3. The Morgan fingerprint density at radius 3 is 2.39 bits per heavy atom. The van der Waals surface area contributed by atoms with Crippen molar-refractivity contribution in [3.05, 3.63) is 0 Å². The molecule has 2 atom stereocenters. The highest BCUT2D eigenvalue weighted by atomic mass is 35.5. The molecule has 0 radical (unpaired) electrons. The Kier molecular flexibility index (Phi) is 5.94. The molecule has 0 spiro atoms. The molecule has 0 aromatic rings. The lowest BCUT2D eigenvalue weighted by Gasteiger charge is -2.20. The van der Waals surface area contributed by atoms with E-state index in [1.54, 1.807) is 0 Å². The summed E-state index contributed by atoms with van der Waals surface area (Å²) in [5, 5.41) is 0. The van der Waals surface area contributed by atoms with Crippen LogP contribution in [0.25, 0.3) is 0 Å². The lowest BCUT2D eigenvalue weighted by molar-refractivity contribution is 0.393. The Balaban J connectivity index is 2.37. The van der Waals surface area contributed by atoms with Crippen molar-refractivity contribution in [1.82, 2.24) is 4.72 Å². The van der Waals surface area contributed by atoms with Crippen LogP contribution in [0.2, 0.25) is 0 Å². The minimum atomic E-state index is -3.13. The molecule has 1 aliphatic rings. The van der Waals surface area contributed by atoms with Gasteiger partial charge in [-0.1, -0.05) is 27.2 Å². The summed E-state index contributed by atoms with van der Waals surface area (Å²) >= 11 is 5.90. The zero-order valence-corrected chi connectivity index (χ0v) is 13.3. The van der Waals surface area contributed by atoms with E-state index in [-0.39, 0.29) is 11.2 Å². The van der Waals surface area contributed by atoms with Crippen molar-refractivity contribution in [2.24, 2.45) is 17.3 Å². The molecule has 5 heteroatoms. The van der Waals surface area contributed by atoms with Crippen LogP contribution >= 0.6 is 11.6 Å². The average Bonchev–Trinajstić information content (AvgIpc) is 2.70. The van der Waals surface area contributed by atoms with Gasteiger partial charge in [0.1, 0.15) is 0 Å². The molecule has 1 rings (SSSR count). The molecule has 1 aliphatic carbocycles. The minimum Gasteiger partial charge on any atom is -0.215 e. The van der Waals surface area contributed by atoms with Gasteiger partial charge in [-0.05, 0) is 36.5 Å². The van der Waals surface area contributed by atoms with Crippen LogP contribution in [0.1, 0.15) is 46.5 Å². The largest absolute Gasteiger partial charge is 0.215 e. The number of hydrogen-bond donors (Lipinski definition) is 1. The summed E-state index contributed by atoms with van der Waals surface area (Å²) in [5.74, 6) is 1.77. The van der Waals surface area contributed by atoms with Crippen molar-refractivity contribution in [1.29, 1.82) is 0 Å². The van der Waals surface area contributed by atoms with E-state index in [1.165, 1.54) is 6.42 Å². The van der Waals surface area contributed by atoms with E-state index in [2.05, 4.69) is 25.5 Å². The molecule has 108 valence electrons. The van der Waals surface area contributed by atoms with Crippen LogP contribution in [0.5, 0.6) is 0 Å². The van der Waals surface area contributed by atoms with Gasteiger partial charge in [0.05, 0.1) is 5.75 Å². The maximum absolute atomic E-state index is 11.9. The summed E-state index contributed by atoms with van der Waals surface area (Å²) in [5.41, 5.74) is 0.0563. The normalized spacial score (nSPS) is 25.6. The van der Waals surface area contributed by atoms with Crippen LogP contribution in [0.4, 0.5) is 0 Å². The molecule has 0 amide bonds. The van der Waals surface area contributed by atoms with E-state index in [4.69, 9.17) is 11.6 Å². The van der Waals surface area contributed by atoms with Gasteiger partial charge in [0.2, 0.25) is 10.0 Å². The SMILES string of the molecule is CC(C)(C)CCS(=O)(=O)NCC1CCCC1CCl. The van der Waals surface area contributed by atoms with Gasteiger partial charge in [-0.25, -0.2) is 13.1 Å². The first-order valence-electron chi connectivity index (χ1n) is 6.77. The van der Waals surface area contributed by atoms with E-state index in [0.29, 0.717) is 30.7 Å². The zero-order chi connectivity index (χ0) is 13.8. The molecule has 0 aromatic heterocycles. The van der Waals surface area contributed by atoms with Gasteiger partial charge in [-0.3, -0.25) is 0 Å². The third kappa shape index (κ3) is 5.89. The number of nitrogens with one attached hydrogen (secondary N) is 1. The fourth-order valence-electron chi connectivity index (χ4n) is 2.33. The summed E-state index contributed by atoms with van der Waals surface area (Å²) in [4.78, 5) is 0. The van der Waals surface area contributed by atoms with Gasteiger partial charge in [-0.15, -0.1) is 11.6 Å². The minimum absolute atomic E-state index is 0.0563. The molecule has 1 saturated carbocycles. The monoisotopic (exact) mass is 295 g/mol. The Labute approximate surface area is 117 Å². The second-order valence-corrected chi connectivity index (χ2v) is 8.82. The Hall–Kier alpha value is 0.200. The number of alkyl halides is 1. The highest BCUT2D eigenvalue weighted by molar-refractivity contribution is 7.89. The van der Waals surface area contributed by atoms with Crippen LogP contribution in [0.3, 0.4) is 0 Å². The molecule has 0 aromatic carbocycles. The number of rotatable bonds is 6. The Morgan fingerprint density at radius 2 is 1.83 bits per heavy atom. The number of halogens is 1. The summed E-state index contributed by atoms with van der Waals surface area (Å²) in [7, 11) is -3.13. The summed E-state index contributed by atoms with van der Waals surface area (Å²) in [6.45, 7) is 6.74. The highest BCUT2D eigenvalue weighted by Crippen LogP contribution is 2.32. The topological polar surface area (TPSA) is 46.2 Å². The highest BCUT2D eigenvalue weighted by Gasteiger charge is 2.27. The maximum Gasteiger partial charge on any atom is 0.211 e. The van der Waals surface area contributed by atoms with Crippen molar-refractivity contribution in [3.63, 3.8) is 0 Å². The van der Waals surface area contributed by atoms with Crippen LogP contribution in [-0.4, -0.2) is 26.6 Å². The zero-order valence-electron chi connectivity index (χ0n) is 11.7. The van der Waals surface area contributed by atoms with Gasteiger partial charge in [0.25, 0.3) is 0 Å². The third-order valence-corrected chi connectivity index (χ3v) is 5.45. The molecular weight excluding hydrogens is 270 g/mol. The van der Waals surface area contributed by atoms with Crippen LogP contribution in [0.15, 0.2) is 0 Å². The van der Waals surface area contributed by atoms with E-state index in [0.717, 1.165) is 12.8 Å². The van der Waals surface area contributed by atoms with E-state index < -0.39 is 10.0 Å². The quantitative estimate of drug-likeness (QED) is 0.766. The first-order valence-corrected chi connectivity index (χ1v) is 8.95. The fourth-order valence-corrected chi connectivity index (χ4v) is 4.23. The molecule has 18 heavy (non-hydrogen) atoms. The smallest absolute Gasteiger partial charge is 0.211 e. The molecule has 1 fully saturated rings. The van der Waals surface area contributed by atoms with Crippen molar-refractivity contribution in [2.75, 3.05) is 18.2 Å². The Morgan fingerprint density at radius 1 is 1.22 bits per heavy atom. The molecule has 1 N–H and O–H groups in total. The number of hydrogen-bond acceptors (Lipinski definition) is 2. The second-order valence-electron chi connectivity index (χ2n) is 6.58. The van der Waals surface area contributed by atoms with Gasteiger partial charge in [0, 0.05) is 12.4 Å². The van der Waals surface area contributed by atoms with Gasteiger partial charge in [0.15, 0.2) is 0 Å². The predicted molar refractivity (Wildman–Crippen MR) is 77.4 cm³/mol. The standard InChI is InChI=1S/C13H26ClNO2S/c1-13(2,3)7-8-18(16,17)15-10-12-6-4-5-11(12)9-14/h11-12,15H,4-10H2,1-3H3. The molecule has 0 bridgehead atoms. The van der Waals surface area contributed by atoms with Gasteiger partial charge in [-0.2, -0.15) is 0 Å². The van der Waals surface area contributed by atoms with Gasteiger partial charge < -0.3 is 0 Å². The predicted octanol–water partition coefficient (Wildman–Crippen LogP) is 3.00. The molecule has 0 aliphatic heterocycles. The van der Waals surface area contributed by atoms with Crippen molar-refractivity contribution >= 4 is 21.6 Å². The summed E-state index contributed by atoms with van der Waals surface area (Å²) in [6, 6.07) is 0. The van der Waals surface area contributed by atoms with Crippen LogP contribution in [-0.2, 0) is 10.0 Å². The lowest BCUT2D eigenvalue weighted by Crippen LogP contribution is -2.33. The number of sulfonamides is 1. The maximum atomic E-state index is 11.9. The molecule has 2 unspecified atom stereocenters. The van der Waals surface area contributed by atoms with Crippen molar-refractivity contribution in [2.45, 2.75) is 46.5 Å². The average molecular weight is 296 g/mol. The van der Waals surface area contributed by atoms with E-state index in [9.17, 15) is 8.42 Å². The Bertz CT molecular complexity index is 348. The summed E-state index contributed by atoms with van der Waals surface area (Å²) in [6.07, 6.45) is 4.09. The van der Waals surface area contributed by atoms with Crippen molar-refractivity contribution in [3.8, 4) is 0 Å². The van der Waals surface area contributed by atoms with Crippen LogP contribution < -0.4 is 4.72 Å². The second kappa shape index (κ2) is 6.58. The van der Waals surface area contributed by atoms with Crippen LogP contribution in [0, 0.1) is 17.3 Å². The van der Waals surface area contributed by atoms with E-state index >= 15 is 0 Å². The molecule has 0 heterocycles. The first-order chi connectivity index (χ1) is 8.23. The lowest BCUT2D eigenvalue weighted by atomic mass is 9.94. The summed E-state index contributed by atoms with van der Waals surface area (Å²) < 4.78 is 26.5. The third-order valence-electron chi connectivity index (χ3n) is 3.70. The van der Waals surface area contributed by atoms with Gasteiger partial charge >= 0.3 is 0 Å². The molecule has 0 saturated heterocycles. The van der Waals surface area contributed by atoms with Crippen molar-refractivity contribution < 1.29 is 8.42 Å². The molecular formula is C13H26ClNO2S. The van der Waals surface area contributed by atoms with E-state index in [1.807, 2.05) is 0 Å².